The molecule has 0 radical (unpaired) electrons. The number of carbonyl (C=O) groups is 1. The highest BCUT2D eigenvalue weighted by Crippen LogP contribution is 2.29. The maximum absolute atomic E-state index is 12.1. The molecule has 0 atom stereocenters. The van der Waals surface area contributed by atoms with E-state index in [1.807, 2.05) is 0 Å². The lowest BCUT2D eigenvalue weighted by Gasteiger charge is -2.11. The molecule has 0 aliphatic rings. The molecule has 0 saturated heterocycles. The molecular formula is C13H9Cl3N2O. The zero-order valence-corrected chi connectivity index (χ0v) is 11.9. The first-order chi connectivity index (χ1) is 8.99. The van der Waals surface area contributed by atoms with Crippen molar-refractivity contribution in [3.63, 3.8) is 0 Å². The molecule has 2 aromatic rings. The van der Waals surface area contributed by atoms with Gasteiger partial charge in [-0.3, -0.25) is 4.79 Å². The molecule has 0 heterocycles. The minimum absolute atomic E-state index is 0.258. The first-order valence-electron chi connectivity index (χ1n) is 5.29. The number of nitrogens with two attached hydrogens (primary N) is 1. The molecule has 98 valence electrons. The van der Waals surface area contributed by atoms with Crippen molar-refractivity contribution in [2.24, 2.45) is 0 Å². The van der Waals surface area contributed by atoms with Crippen LogP contribution in [0.1, 0.15) is 10.4 Å². The normalized spacial score (nSPS) is 10.3. The van der Waals surface area contributed by atoms with Gasteiger partial charge >= 0.3 is 0 Å². The first kappa shape index (κ1) is 14.0. The average molecular weight is 316 g/mol. The predicted molar refractivity (Wildman–Crippen MR) is 80.3 cm³/mol. The third kappa shape index (κ3) is 3.13. The Morgan fingerprint density at radius 1 is 1.05 bits per heavy atom. The van der Waals surface area contributed by atoms with Crippen LogP contribution in [-0.4, -0.2) is 5.91 Å². The van der Waals surface area contributed by atoms with E-state index in [9.17, 15) is 4.79 Å². The van der Waals surface area contributed by atoms with Crippen LogP contribution in [0.3, 0.4) is 0 Å². The van der Waals surface area contributed by atoms with Crippen molar-refractivity contribution in [1.29, 1.82) is 0 Å². The quantitative estimate of drug-likeness (QED) is 0.803. The standard InChI is InChI=1S/C13H9Cl3N2O/c14-7-4-5-9(15)8(6-7)13(19)18-12-10(16)2-1-3-11(12)17/h1-6H,17H2,(H,18,19). The van der Waals surface area contributed by atoms with Gasteiger partial charge in [0.05, 0.1) is 27.0 Å². The summed E-state index contributed by atoms with van der Waals surface area (Å²) < 4.78 is 0. The number of halogens is 3. The van der Waals surface area contributed by atoms with Crippen molar-refractivity contribution in [2.75, 3.05) is 11.1 Å². The molecule has 0 aliphatic heterocycles. The fraction of sp³-hybridized carbons (Fsp3) is 0. The van der Waals surface area contributed by atoms with Gasteiger partial charge in [-0.15, -0.1) is 0 Å². The molecule has 0 saturated carbocycles. The van der Waals surface area contributed by atoms with E-state index in [4.69, 9.17) is 40.5 Å². The number of hydrogen-bond acceptors (Lipinski definition) is 2. The minimum Gasteiger partial charge on any atom is -0.397 e. The van der Waals surface area contributed by atoms with E-state index in [0.717, 1.165) is 0 Å². The van der Waals surface area contributed by atoms with Gasteiger partial charge in [-0.2, -0.15) is 0 Å². The Hall–Kier alpha value is -1.42. The van der Waals surface area contributed by atoms with Gasteiger partial charge < -0.3 is 11.1 Å². The summed E-state index contributed by atoms with van der Waals surface area (Å²) in [4.78, 5) is 12.1. The molecular weight excluding hydrogens is 307 g/mol. The largest absolute Gasteiger partial charge is 0.397 e. The topological polar surface area (TPSA) is 55.1 Å². The van der Waals surface area contributed by atoms with Crippen LogP contribution >= 0.6 is 34.8 Å². The summed E-state index contributed by atoms with van der Waals surface area (Å²) in [5.74, 6) is -0.424. The molecule has 0 aromatic heterocycles. The Labute approximate surface area is 125 Å². The summed E-state index contributed by atoms with van der Waals surface area (Å²) in [5.41, 5.74) is 6.74. The summed E-state index contributed by atoms with van der Waals surface area (Å²) >= 11 is 17.8. The third-order valence-electron chi connectivity index (χ3n) is 2.46. The predicted octanol–water partition coefficient (Wildman–Crippen LogP) is 4.48. The second-order valence-electron chi connectivity index (χ2n) is 3.78. The van der Waals surface area contributed by atoms with E-state index < -0.39 is 5.91 Å². The van der Waals surface area contributed by atoms with Crippen LogP contribution in [0.5, 0.6) is 0 Å². The molecule has 0 unspecified atom stereocenters. The van der Waals surface area contributed by atoms with Crippen molar-refractivity contribution in [2.45, 2.75) is 0 Å². The Balaban J connectivity index is 2.34. The van der Waals surface area contributed by atoms with Gasteiger partial charge in [0, 0.05) is 5.02 Å². The number of nitrogens with one attached hydrogen (secondary N) is 1. The monoisotopic (exact) mass is 314 g/mol. The van der Waals surface area contributed by atoms with Crippen LogP contribution in [0.15, 0.2) is 36.4 Å². The first-order valence-corrected chi connectivity index (χ1v) is 6.43. The molecule has 3 N–H and O–H groups in total. The van der Waals surface area contributed by atoms with Crippen molar-refractivity contribution < 1.29 is 4.79 Å². The second-order valence-corrected chi connectivity index (χ2v) is 5.03. The number of hydrogen-bond donors (Lipinski definition) is 2. The van der Waals surface area contributed by atoms with Crippen LogP contribution in [0.25, 0.3) is 0 Å². The van der Waals surface area contributed by atoms with Crippen molar-refractivity contribution in [3.8, 4) is 0 Å². The smallest absolute Gasteiger partial charge is 0.257 e. The molecule has 2 rings (SSSR count). The molecule has 0 aliphatic carbocycles. The Bertz CT molecular complexity index is 624. The van der Waals surface area contributed by atoms with Crippen LogP contribution in [0.4, 0.5) is 11.4 Å². The van der Waals surface area contributed by atoms with E-state index in [0.29, 0.717) is 26.4 Å². The maximum Gasteiger partial charge on any atom is 0.257 e. The number of carbonyl (C=O) groups excluding carboxylic acids is 1. The Morgan fingerprint density at radius 3 is 2.47 bits per heavy atom. The van der Waals surface area contributed by atoms with Crippen LogP contribution in [0.2, 0.25) is 15.1 Å². The molecule has 0 bridgehead atoms. The van der Waals surface area contributed by atoms with Crippen LogP contribution in [-0.2, 0) is 0 Å². The zero-order valence-electron chi connectivity index (χ0n) is 9.58. The van der Waals surface area contributed by atoms with Crippen molar-refractivity contribution in [3.05, 3.63) is 57.0 Å². The lowest BCUT2D eigenvalue weighted by atomic mass is 10.2. The van der Waals surface area contributed by atoms with Gasteiger partial charge in [0.1, 0.15) is 0 Å². The number of amides is 1. The number of benzene rings is 2. The van der Waals surface area contributed by atoms with Gasteiger partial charge in [0.25, 0.3) is 5.91 Å². The van der Waals surface area contributed by atoms with E-state index in [1.165, 1.54) is 6.07 Å². The number of rotatable bonds is 2. The van der Waals surface area contributed by atoms with Crippen molar-refractivity contribution in [1.82, 2.24) is 0 Å². The number of nitrogen functional groups attached to an aromatic ring is 1. The molecule has 1 amide bonds. The Morgan fingerprint density at radius 2 is 1.79 bits per heavy atom. The average Bonchev–Trinajstić information content (AvgIpc) is 2.37. The number of anilines is 2. The highest BCUT2D eigenvalue weighted by atomic mass is 35.5. The van der Waals surface area contributed by atoms with Gasteiger partial charge in [-0.25, -0.2) is 0 Å². The molecule has 3 nitrogen and oxygen atoms in total. The summed E-state index contributed by atoms with van der Waals surface area (Å²) in [7, 11) is 0. The highest BCUT2D eigenvalue weighted by molar-refractivity contribution is 6.37. The summed E-state index contributed by atoms with van der Waals surface area (Å²) in [6.07, 6.45) is 0. The van der Waals surface area contributed by atoms with E-state index in [1.54, 1.807) is 30.3 Å². The van der Waals surface area contributed by atoms with Crippen LogP contribution in [0, 0.1) is 0 Å². The minimum atomic E-state index is -0.424. The zero-order chi connectivity index (χ0) is 14.0. The maximum atomic E-state index is 12.1. The van der Waals surface area contributed by atoms with Crippen LogP contribution < -0.4 is 11.1 Å². The second kappa shape index (κ2) is 5.70. The SMILES string of the molecule is Nc1cccc(Cl)c1NC(=O)c1cc(Cl)ccc1Cl. The summed E-state index contributed by atoms with van der Waals surface area (Å²) in [6, 6.07) is 9.60. The lowest BCUT2D eigenvalue weighted by molar-refractivity contribution is 0.102. The molecule has 0 fully saturated rings. The van der Waals surface area contributed by atoms with Crippen molar-refractivity contribution >= 4 is 52.1 Å². The van der Waals surface area contributed by atoms with Gasteiger partial charge in [0.15, 0.2) is 0 Å². The van der Waals surface area contributed by atoms with E-state index >= 15 is 0 Å². The molecule has 19 heavy (non-hydrogen) atoms. The molecule has 0 spiro atoms. The molecule has 2 aromatic carbocycles. The Kier molecular flexibility index (Phi) is 4.20. The fourth-order valence-corrected chi connectivity index (χ4v) is 2.13. The van der Waals surface area contributed by atoms with Gasteiger partial charge in [-0.1, -0.05) is 40.9 Å². The number of para-hydroxylation sites is 1. The molecule has 6 heteroatoms. The van der Waals surface area contributed by atoms with Gasteiger partial charge in [-0.05, 0) is 30.3 Å². The summed E-state index contributed by atoms with van der Waals surface area (Å²) in [5, 5.41) is 3.69. The van der Waals surface area contributed by atoms with E-state index in [-0.39, 0.29) is 5.56 Å². The lowest BCUT2D eigenvalue weighted by Crippen LogP contribution is -2.14. The third-order valence-corrected chi connectivity index (χ3v) is 3.34. The van der Waals surface area contributed by atoms with E-state index in [2.05, 4.69) is 5.32 Å². The fourth-order valence-electron chi connectivity index (χ4n) is 1.53. The summed E-state index contributed by atoms with van der Waals surface area (Å²) in [6.45, 7) is 0. The highest BCUT2D eigenvalue weighted by Gasteiger charge is 2.14. The van der Waals surface area contributed by atoms with Gasteiger partial charge in [0.2, 0.25) is 0 Å².